The van der Waals surface area contributed by atoms with Gasteiger partial charge in [0.25, 0.3) is 0 Å². The fourth-order valence-corrected chi connectivity index (χ4v) is 1.41. The van der Waals surface area contributed by atoms with Crippen LogP contribution in [-0.4, -0.2) is 15.7 Å². The van der Waals surface area contributed by atoms with Gasteiger partial charge in [0.15, 0.2) is 0 Å². The molecule has 1 aromatic heterocycles. The van der Waals surface area contributed by atoms with Crippen LogP contribution >= 0.6 is 11.6 Å². The summed E-state index contributed by atoms with van der Waals surface area (Å²) in [5.74, 6) is 1.18. The highest BCUT2D eigenvalue weighted by atomic mass is 35.5. The lowest BCUT2D eigenvalue weighted by atomic mass is 10.2. The second-order valence-electron chi connectivity index (χ2n) is 3.74. The minimum atomic E-state index is 0.485. The molecule has 0 aliphatic carbocycles. The average Bonchev–Trinajstić information content (AvgIpc) is 2.34. The highest BCUT2D eigenvalue weighted by Gasteiger charge is 2.09. The van der Waals surface area contributed by atoms with E-state index in [1.54, 1.807) is 0 Å². The first-order valence-electron chi connectivity index (χ1n) is 4.62. The van der Waals surface area contributed by atoms with Crippen LogP contribution in [0.25, 0.3) is 0 Å². The molecule has 0 bridgehead atoms. The lowest BCUT2D eigenvalue weighted by Gasteiger charge is -2.09. The van der Waals surface area contributed by atoms with Crippen LogP contribution in [0.4, 0.5) is 0 Å². The largest absolute Gasteiger partial charge is 0.269 e. The van der Waals surface area contributed by atoms with Crippen LogP contribution < -0.4 is 0 Å². The second kappa shape index (κ2) is 4.14. The van der Waals surface area contributed by atoms with Crippen LogP contribution in [0.5, 0.6) is 0 Å². The van der Waals surface area contributed by atoms with Gasteiger partial charge in [-0.15, -0.1) is 11.6 Å². The molecule has 1 aromatic rings. The van der Waals surface area contributed by atoms with E-state index < -0.39 is 0 Å². The molecule has 0 aliphatic rings. The number of aromatic nitrogens is 2. The monoisotopic (exact) mass is 200 g/mol. The maximum Gasteiger partial charge on any atom is 0.0625 e. The zero-order chi connectivity index (χ0) is 10.0. The van der Waals surface area contributed by atoms with Crippen LogP contribution in [0.1, 0.15) is 23.9 Å². The first-order valence-corrected chi connectivity index (χ1v) is 5.16. The normalized spacial score (nSPS) is 13.3. The molecule has 1 atom stereocenters. The third-order valence-electron chi connectivity index (χ3n) is 2.49. The average molecular weight is 201 g/mol. The number of rotatable bonds is 3. The van der Waals surface area contributed by atoms with E-state index in [1.807, 2.05) is 6.92 Å². The summed E-state index contributed by atoms with van der Waals surface area (Å²) in [5.41, 5.74) is 3.68. The van der Waals surface area contributed by atoms with Crippen molar-refractivity contribution in [1.29, 1.82) is 0 Å². The molecule has 0 saturated heterocycles. The van der Waals surface area contributed by atoms with Crippen LogP contribution in [0, 0.1) is 26.7 Å². The summed E-state index contributed by atoms with van der Waals surface area (Å²) in [5, 5.41) is 4.46. The molecule has 0 radical (unpaired) electrons. The van der Waals surface area contributed by atoms with Crippen molar-refractivity contribution in [2.24, 2.45) is 5.92 Å². The maximum absolute atomic E-state index is 5.76. The summed E-state index contributed by atoms with van der Waals surface area (Å²) in [6.45, 7) is 9.32. The first-order chi connectivity index (χ1) is 6.06. The van der Waals surface area contributed by atoms with Crippen molar-refractivity contribution in [3.63, 3.8) is 0 Å². The van der Waals surface area contributed by atoms with E-state index in [4.69, 9.17) is 11.6 Å². The van der Waals surface area contributed by atoms with Crippen LogP contribution in [0.2, 0.25) is 0 Å². The number of aryl methyl sites for hydroxylation is 1. The van der Waals surface area contributed by atoms with E-state index in [0.717, 1.165) is 12.2 Å². The third-order valence-corrected chi connectivity index (χ3v) is 3.02. The number of alkyl halides is 1. The van der Waals surface area contributed by atoms with Crippen LogP contribution in [-0.2, 0) is 6.54 Å². The minimum absolute atomic E-state index is 0.485. The molecule has 0 aromatic carbocycles. The summed E-state index contributed by atoms with van der Waals surface area (Å²) in [6, 6.07) is 0. The summed E-state index contributed by atoms with van der Waals surface area (Å²) < 4.78 is 2.05. The smallest absolute Gasteiger partial charge is 0.0625 e. The number of halogens is 1. The topological polar surface area (TPSA) is 17.8 Å². The summed E-state index contributed by atoms with van der Waals surface area (Å²) >= 11 is 5.76. The van der Waals surface area contributed by atoms with E-state index in [1.165, 1.54) is 11.3 Å². The van der Waals surface area contributed by atoms with E-state index in [0.29, 0.717) is 11.8 Å². The van der Waals surface area contributed by atoms with Gasteiger partial charge in [0, 0.05) is 18.1 Å². The molecule has 3 heteroatoms. The Morgan fingerprint density at radius 3 is 2.38 bits per heavy atom. The Balaban J connectivity index is 2.83. The molecule has 0 saturated carbocycles. The van der Waals surface area contributed by atoms with Crippen molar-refractivity contribution in [3.8, 4) is 0 Å². The van der Waals surface area contributed by atoms with Crippen molar-refractivity contribution in [1.82, 2.24) is 9.78 Å². The Kier molecular flexibility index (Phi) is 3.37. The van der Waals surface area contributed by atoms with Gasteiger partial charge in [0.1, 0.15) is 0 Å². The standard InChI is InChI=1S/C10H17ClN2/c1-7(5-11)6-13-10(4)8(2)9(3)12-13/h7H,5-6H2,1-4H3. The highest BCUT2D eigenvalue weighted by molar-refractivity contribution is 6.18. The van der Waals surface area contributed by atoms with Gasteiger partial charge >= 0.3 is 0 Å². The van der Waals surface area contributed by atoms with Gasteiger partial charge in [0.2, 0.25) is 0 Å². The van der Waals surface area contributed by atoms with Crippen LogP contribution in [0.3, 0.4) is 0 Å². The molecule has 0 fully saturated rings. The Bertz CT molecular complexity index is 291. The van der Waals surface area contributed by atoms with E-state index >= 15 is 0 Å². The van der Waals surface area contributed by atoms with Crippen molar-refractivity contribution in [3.05, 3.63) is 17.0 Å². The van der Waals surface area contributed by atoms with E-state index in [2.05, 4.69) is 30.6 Å². The fraction of sp³-hybridized carbons (Fsp3) is 0.700. The van der Waals surface area contributed by atoms with Gasteiger partial charge in [-0.1, -0.05) is 6.92 Å². The van der Waals surface area contributed by atoms with Crippen molar-refractivity contribution < 1.29 is 0 Å². The lowest BCUT2D eigenvalue weighted by molar-refractivity contribution is 0.476. The molecule has 1 unspecified atom stereocenters. The van der Waals surface area contributed by atoms with Gasteiger partial charge in [-0.3, -0.25) is 4.68 Å². The maximum atomic E-state index is 5.76. The molecule has 0 N–H and O–H groups in total. The second-order valence-corrected chi connectivity index (χ2v) is 4.05. The first kappa shape index (κ1) is 10.6. The Labute approximate surface area is 84.9 Å². The predicted molar refractivity (Wildman–Crippen MR) is 56.3 cm³/mol. The van der Waals surface area contributed by atoms with Crippen molar-refractivity contribution >= 4 is 11.6 Å². The van der Waals surface area contributed by atoms with Gasteiger partial charge in [-0.25, -0.2) is 0 Å². The summed E-state index contributed by atoms with van der Waals surface area (Å²) in [4.78, 5) is 0. The number of hydrogen-bond acceptors (Lipinski definition) is 1. The number of nitrogens with zero attached hydrogens (tertiary/aromatic N) is 2. The molecule has 1 rings (SSSR count). The van der Waals surface area contributed by atoms with Gasteiger partial charge in [0.05, 0.1) is 5.69 Å². The fourth-order valence-electron chi connectivity index (χ4n) is 1.31. The molecule has 2 nitrogen and oxygen atoms in total. The SMILES string of the molecule is Cc1nn(CC(C)CCl)c(C)c1C. The lowest BCUT2D eigenvalue weighted by Crippen LogP contribution is -2.11. The van der Waals surface area contributed by atoms with Crippen LogP contribution in [0.15, 0.2) is 0 Å². The molecule has 74 valence electrons. The minimum Gasteiger partial charge on any atom is -0.269 e. The molecule has 1 heterocycles. The third kappa shape index (κ3) is 2.25. The number of hydrogen-bond donors (Lipinski definition) is 0. The Morgan fingerprint density at radius 1 is 1.38 bits per heavy atom. The molecule has 0 spiro atoms. The predicted octanol–water partition coefficient (Wildman–Crippen LogP) is 2.68. The molecular formula is C10H17ClN2. The molecular weight excluding hydrogens is 184 g/mol. The summed E-state index contributed by atoms with van der Waals surface area (Å²) in [7, 11) is 0. The van der Waals surface area contributed by atoms with Gasteiger partial charge in [-0.2, -0.15) is 5.10 Å². The Morgan fingerprint density at radius 2 is 2.00 bits per heavy atom. The van der Waals surface area contributed by atoms with Gasteiger partial charge < -0.3 is 0 Å². The molecule has 13 heavy (non-hydrogen) atoms. The zero-order valence-corrected chi connectivity index (χ0v) is 9.52. The summed E-state index contributed by atoms with van der Waals surface area (Å²) in [6.07, 6.45) is 0. The zero-order valence-electron chi connectivity index (χ0n) is 8.76. The highest BCUT2D eigenvalue weighted by Crippen LogP contribution is 2.13. The van der Waals surface area contributed by atoms with Crippen molar-refractivity contribution in [2.45, 2.75) is 34.2 Å². The van der Waals surface area contributed by atoms with Gasteiger partial charge in [-0.05, 0) is 32.3 Å². The molecule has 0 amide bonds. The Hall–Kier alpha value is -0.500. The van der Waals surface area contributed by atoms with Crippen molar-refractivity contribution in [2.75, 3.05) is 5.88 Å². The van der Waals surface area contributed by atoms with E-state index in [-0.39, 0.29) is 0 Å². The van der Waals surface area contributed by atoms with E-state index in [9.17, 15) is 0 Å². The quantitative estimate of drug-likeness (QED) is 0.687. The molecule has 0 aliphatic heterocycles.